The third kappa shape index (κ3) is 4.85. The zero-order valence-electron chi connectivity index (χ0n) is 14.9. The number of carbonyl (C=O) groups is 1. The van der Waals surface area contributed by atoms with Crippen molar-refractivity contribution in [1.29, 1.82) is 0 Å². The van der Waals surface area contributed by atoms with Crippen molar-refractivity contribution in [2.45, 2.75) is 31.4 Å². The molecule has 2 heterocycles. The summed E-state index contributed by atoms with van der Waals surface area (Å²) < 4.78 is 32.3. The van der Waals surface area contributed by atoms with Gasteiger partial charge >= 0.3 is 0 Å². The number of sulfonamides is 1. The van der Waals surface area contributed by atoms with E-state index >= 15 is 0 Å². The summed E-state index contributed by atoms with van der Waals surface area (Å²) in [5.41, 5.74) is 1.78. The van der Waals surface area contributed by atoms with E-state index in [1.807, 2.05) is 29.6 Å². The van der Waals surface area contributed by atoms with E-state index in [0.717, 1.165) is 10.4 Å². The van der Waals surface area contributed by atoms with Crippen molar-refractivity contribution in [2.24, 2.45) is 0 Å². The molecule has 0 aliphatic rings. The van der Waals surface area contributed by atoms with Crippen LogP contribution in [0.15, 0.2) is 63.4 Å². The minimum Gasteiger partial charge on any atom is -0.438 e. The predicted octanol–water partition coefficient (Wildman–Crippen LogP) is 4.20. The Morgan fingerprint density at radius 3 is 2.48 bits per heavy atom. The maximum absolute atomic E-state index is 12.3. The fourth-order valence-electron chi connectivity index (χ4n) is 2.38. The summed E-state index contributed by atoms with van der Waals surface area (Å²) in [5, 5.41) is 4.27. The van der Waals surface area contributed by atoms with Crippen LogP contribution in [0.3, 0.4) is 0 Å². The van der Waals surface area contributed by atoms with Crippen LogP contribution in [0.25, 0.3) is 0 Å². The summed E-state index contributed by atoms with van der Waals surface area (Å²) in [4.78, 5) is 13.2. The van der Waals surface area contributed by atoms with Gasteiger partial charge in [0.2, 0.25) is 5.09 Å². The highest BCUT2D eigenvalue weighted by atomic mass is 32.2. The molecule has 0 unspecified atom stereocenters. The molecule has 1 amide bonds. The molecule has 0 aliphatic heterocycles. The molecule has 6 nitrogen and oxygen atoms in total. The third-order valence-electron chi connectivity index (χ3n) is 3.92. The minimum atomic E-state index is -3.83. The van der Waals surface area contributed by atoms with Gasteiger partial charge < -0.3 is 9.73 Å². The minimum absolute atomic E-state index is 0.0700. The van der Waals surface area contributed by atoms with Crippen molar-refractivity contribution >= 4 is 33.0 Å². The Balaban J connectivity index is 1.66. The zero-order valence-corrected chi connectivity index (χ0v) is 16.6. The first-order valence-corrected chi connectivity index (χ1v) is 10.7. The first-order chi connectivity index (χ1) is 12.8. The molecule has 0 saturated carbocycles. The lowest BCUT2D eigenvalue weighted by Gasteiger charge is -2.07. The average Bonchev–Trinajstić information content (AvgIpc) is 3.32. The fraction of sp³-hybridized carbons (Fsp3) is 0.211. The number of amides is 1. The smallest absolute Gasteiger partial charge is 0.291 e. The Labute approximate surface area is 162 Å². The van der Waals surface area contributed by atoms with E-state index in [2.05, 4.69) is 23.9 Å². The van der Waals surface area contributed by atoms with E-state index in [9.17, 15) is 13.2 Å². The van der Waals surface area contributed by atoms with E-state index < -0.39 is 15.9 Å². The molecule has 0 bridgehead atoms. The molecular weight excluding hydrogens is 384 g/mol. The molecule has 3 aromatic rings. The molecule has 2 N–H and O–H groups in total. The molecule has 1 aromatic carbocycles. The SMILES string of the molecule is CC(C)c1ccc(NC(=O)c2ccc(S(=O)(=O)NCc3cccs3)o2)cc1. The average molecular weight is 405 g/mol. The van der Waals surface area contributed by atoms with Gasteiger partial charge in [-0.3, -0.25) is 4.79 Å². The van der Waals surface area contributed by atoms with Gasteiger partial charge in [-0.1, -0.05) is 32.0 Å². The maximum atomic E-state index is 12.3. The summed E-state index contributed by atoms with van der Waals surface area (Å²) in [6, 6.07) is 13.8. The van der Waals surface area contributed by atoms with Gasteiger partial charge in [-0.05, 0) is 47.2 Å². The van der Waals surface area contributed by atoms with Crippen LogP contribution in [0.2, 0.25) is 0 Å². The van der Waals surface area contributed by atoms with Crippen molar-refractivity contribution in [3.63, 3.8) is 0 Å². The molecule has 0 fully saturated rings. The Morgan fingerprint density at radius 1 is 1.11 bits per heavy atom. The second-order valence-corrected chi connectivity index (χ2v) is 8.98. The highest BCUT2D eigenvalue weighted by molar-refractivity contribution is 7.89. The fourth-order valence-corrected chi connectivity index (χ4v) is 4.05. The molecule has 0 atom stereocenters. The van der Waals surface area contributed by atoms with Gasteiger partial charge in [0.15, 0.2) is 5.76 Å². The Morgan fingerprint density at radius 2 is 1.85 bits per heavy atom. The van der Waals surface area contributed by atoms with E-state index in [-0.39, 0.29) is 17.4 Å². The first kappa shape index (κ1) is 19.3. The van der Waals surface area contributed by atoms with E-state index in [1.165, 1.54) is 23.5 Å². The summed E-state index contributed by atoms with van der Waals surface area (Å²) in [5.74, 6) is -0.180. The van der Waals surface area contributed by atoms with Gasteiger partial charge in [-0.25, -0.2) is 13.1 Å². The molecular formula is C19H20N2O4S2. The molecule has 0 saturated heterocycles. The normalized spacial score (nSPS) is 11.7. The molecule has 0 aliphatic carbocycles. The number of carbonyl (C=O) groups excluding carboxylic acids is 1. The van der Waals surface area contributed by atoms with E-state index in [4.69, 9.17) is 4.42 Å². The van der Waals surface area contributed by atoms with Crippen molar-refractivity contribution in [3.8, 4) is 0 Å². The van der Waals surface area contributed by atoms with Crippen molar-refractivity contribution in [1.82, 2.24) is 4.72 Å². The molecule has 8 heteroatoms. The van der Waals surface area contributed by atoms with Crippen LogP contribution < -0.4 is 10.0 Å². The van der Waals surface area contributed by atoms with E-state index in [1.54, 1.807) is 12.1 Å². The Hall–Kier alpha value is -2.42. The summed E-state index contributed by atoms with van der Waals surface area (Å²) in [7, 11) is -3.83. The number of hydrogen-bond donors (Lipinski definition) is 2. The van der Waals surface area contributed by atoms with Crippen LogP contribution in [0.1, 0.15) is 40.8 Å². The van der Waals surface area contributed by atoms with Gasteiger partial charge in [-0.2, -0.15) is 0 Å². The lowest BCUT2D eigenvalue weighted by atomic mass is 10.0. The van der Waals surface area contributed by atoms with Gasteiger partial charge in [-0.15, -0.1) is 11.3 Å². The number of hydrogen-bond acceptors (Lipinski definition) is 5. The third-order valence-corrected chi connectivity index (χ3v) is 6.07. The highest BCUT2D eigenvalue weighted by Crippen LogP contribution is 2.19. The monoisotopic (exact) mass is 404 g/mol. The van der Waals surface area contributed by atoms with Crippen LogP contribution in [-0.4, -0.2) is 14.3 Å². The lowest BCUT2D eigenvalue weighted by molar-refractivity contribution is 0.0991. The molecule has 27 heavy (non-hydrogen) atoms. The molecule has 0 spiro atoms. The van der Waals surface area contributed by atoms with Gasteiger partial charge in [0.05, 0.1) is 0 Å². The second-order valence-electron chi connectivity index (χ2n) is 6.25. The summed E-state index contributed by atoms with van der Waals surface area (Å²) in [6.45, 7) is 4.35. The van der Waals surface area contributed by atoms with Crippen LogP contribution in [-0.2, 0) is 16.6 Å². The standard InChI is InChI=1S/C19H20N2O4S2/c1-13(2)14-5-7-15(8-6-14)21-19(22)17-9-10-18(25-17)27(23,24)20-12-16-4-3-11-26-16/h3-11,13,20H,12H2,1-2H3,(H,21,22). The van der Waals surface area contributed by atoms with Crippen LogP contribution in [0.4, 0.5) is 5.69 Å². The van der Waals surface area contributed by atoms with Gasteiger partial charge in [0, 0.05) is 17.1 Å². The first-order valence-electron chi connectivity index (χ1n) is 8.38. The van der Waals surface area contributed by atoms with E-state index in [0.29, 0.717) is 11.6 Å². The van der Waals surface area contributed by atoms with Crippen molar-refractivity contribution in [2.75, 3.05) is 5.32 Å². The largest absolute Gasteiger partial charge is 0.438 e. The number of rotatable bonds is 7. The lowest BCUT2D eigenvalue weighted by Crippen LogP contribution is -2.22. The topological polar surface area (TPSA) is 88.4 Å². The van der Waals surface area contributed by atoms with Gasteiger partial charge in [0.25, 0.3) is 15.9 Å². The Bertz CT molecular complexity index is 1000. The van der Waals surface area contributed by atoms with Crippen LogP contribution in [0.5, 0.6) is 0 Å². The van der Waals surface area contributed by atoms with Crippen LogP contribution >= 0.6 is 11.3 Å². The number of thiophene rings is 1. The quantitative estimate of drug-likeness (QED) is 0.618. The number of benzene rings is 1. The number of furan rings is 1. The predicted molar refractivity (Wildman–Crippen MR) is 106 cm³/mol. The van der Waals surface area contributed by atoms with Crippen LogP contribution in [0, 0.1) is 0 Å². The molecule has 142 valence electrons. The summed E-state index contributed by atoms with van der Waals surface area (Å²) >= 11 is 1.45. The highest BCUT2D eigenvalue weighted by Gasteiger charge is 2.21. The van der Waals surface area contributed by atoms with Crippen molar-refractivity contribution in [3.05, 3.63) is 70.1 Å². The Kier molecular flexibility index (Phi) is 5.79. The zero-order chi connectivity index (χ0) is 19.4. The number of nitrogens with one attached hydrogen (secondary N) is 2. The van der Waals surface area contributed by atoms with Gasteiger partial charge in [0.1, 0.15) is 0 Å². The maximum Gasteiger partial charge on any atom is 0.291 e. The van der Waals surface area contributed by atoms with Crippen molar-refractivity contribution < 1.29 is 17.6 Å². The molecule has 0 radical (unpaired) electrons. The second kappa shape index (κ2) is 8.08. The molecule has 2 aromatic heterocycles. The molecule has 3 rings (SSSR count). The number of anilines is 1. The summed E-state index contributed by atoms with van der Waals surface area (Å²) in [6.07, 6.45) is 0.